The quantitative estimate of drug-likeness (QED) is 0.380. The van der Waals surface area contributed by atoms with E-state index in [4.69, 9.17) is 4.84 Å². The summed E-state index contributed by atoms with van der Waals surface area (Å²) in [5.74, 6) is -0.689. The summed E-state index contributed by atoms with van der Waals surface area (Å²) in [6.45, 7) is 6.35. The van der Waals surface area contributed by atoms with Crippen molar-refractivity contribution >= 4 is 21.7 Å². The zero-order valence-electron chi connectivity index (χ0n) is 16.8. The largest absolute Gasteiger partial charge is 0.507 e. The molecule has 0 aliphatic rings. The Bertz CT molecular complexity index is 963. The zero-order valence-corrected chi connectivity index (χ0v) is 17.6. The van der Waals surface area contributed by atoms with Crippen molar-refractivity contribution in [3.8, 4) is 5.75 Å². The summed E-state index contributed by atoms with van der Waals surface area (Å²) in [5.41, 5.74) is 0.967. The topological polar surface area (TPSA) is 96.3 Å². The summed E-state index contributed by atoms with van der Waals surface area (Å²) in [6.07, 6.45) is 1.44. The van der Waals surface area contributed by atoms with Gasteiger partial charge in [-0.05, 0) is 56.2 Å². The maximum Gasteiger partial charge on any atom is 0.365 e. The number of oxime groups is 1. The van der Waals surface area contributed by atoms with Crippen LogP contribution in [0.5, 0.6) is 5.75 Å². The normalized spacial score (nSPS) is 12.2. The zero-order chi connectivity index (χ0) is 21.4. The molecule has 8 heteroatoms. The molecule has 156 valence electrons. The molecule has 29 heavy (non-hydrogen) atoms. The third-order valence-electron chi connectivity index (χ3n) is 4.23. The number of phenolic OH excluding ortho intramolecular Hbond substituents is 1. The number of hydrogen-bond acceptors (Lipinski definition) is 6. The first-order chi connectivity index (χ1) is 13.8. The number of nitrogens with zero attached hydrogens (tertiary/aromatic N) is 2. The van der Waals surface area contributed by atoms with E-state index in [1.54, 1.807) is 25.1 Å². The lowest BCUT2D eigenvalue weighted by Gasteiger charge is -2.21. The average Bonchev–Trinajstić information content (AvgIpc) is 2.72. The molecule has 0 unspecified atom stereocenters. The second kappa shape index (κ2) is 10.2. The van der Waals surface area contributed by atoms with Crippen LogP contribution >= 0.6 is 0 Å². The van der Waals surface area contributed by atoms with Crippen molar-refractivity contribution in [2.24, 2.45) is 5.16 Å². The number of aromatic hydroxyl groups is 1. The third-order valence-corrected chi connectivity index (χ3v) is 6.15. The minimum absolute atomic E-state index is 0.0306. The van der Waals surface area contributed by atoms with E-state index in [1.165, 1.54) is 34.6 Å². The van der Waals surface area contributed by atoms with E-state index in [9.17, 15) is 18.3 Å². The van der Waals surface area contributed by atoms with Crippen molar-refractivity contribution in [1.82, 2.24) is 4.31 Å². The van der Waals surface area contributed by atoms with Crippen LogP contribution in [0.3, 0.4) is 0 Å². The van der Waals surface area contributed by atoms with E-state index in [0.29, 0.717) is 24.4 Å². The molecule has 2 aromatic rings. The van der Waals surface area contributed by atoms with Crippen LogP contribution in [0.2, 0.25) is 0 Å². The van der Waals surface area contributed by atoms with Crippen LogP contribution in [0, 0.1) is 0 Å². The summed E-state index contributed by atoms with van der Waals surface area (Å²) < 4.78 is 27.0. The van der Waals surface area contributed by atoms with Gasteiger partial charge in [0, 0.05) is 18.7 Å². The second-order valence-corrected chi connectivity index (χ2v) is 8.44. The van der Waals surface area contributed by atoms with Gasteiger partial charge in [-0.25, -0.2) is 13.2 Å². The number of sulfonamides is 1. The van der Waals surface area contributed by atoms with Crippen LogP contribution < -0.4 is 0 Å². The molecular weight excluding hydrogens is 392 g/mol. The van der Waals surface area contributed by atoms with E-state index in [0.717, 1.165) is 12.8 Å². The molecule has 0 fully saturated rings. The van der Waals surface area contributed by atoms with Crippen LogP contribution in [0.1, 0.15) is 49.5 Å². The Morgan fingerprint density at radius 2 is 1.62 bits per heavy atom. The van der Waals surface area contributed by atoms with E-state index in [1.807, 2.05) is 13.8 Å². The fraction of sp³-hybridized carbons (Fsp3) is 0.333. The number of carbonyl (C=O) groups is 1. The minimum atomic E-state index is -3.61. The van der Waals surface area contributed by atoms with Gasteiger partial charge >= 0.3 is 5.97 Å². The van der Waals surface area contributed by atoms with Gasteiger partial charge in [0.05, 0.1) is 16.2 Å². The number of para-hydroxylation sites is 1. The summed E-state index contributed by atoms with van der Waals surface area (Å²) >= 11 is 0. The van der Waals surface area contributed by atoms with Gasteiger partial charge in [-0.15, -0.1) is 0 Å². The van der Waals surface area contributed by atoms with E-state index < -0.39 is 16.0 Å². The molecule has 1 N–H and O–H groups in total. The molecule has 0 amide bonds. The molecular formula is C21H26N2O5S. The van der Waals surface area contributed by atoms with Gasteiger partial charge in [-0.3, -0.25) is 0 Å². The Balaban J connectivity index is 2.14. The standard InChI is InChI=1S/C21H26N2O5S/c1-4-14-23(15-5-2)29(26,27)18-12-10-17(11-13-18)21(25)28-22-16(3)19-8-6-7-9-20(19)24/h6-13,24H,4-5,14-15H2,1-3H3. The molecule has 0 aliphatic heterocycles. The Labute approximate surface area is 171 Å². The molecule has 0 saturated carbocycles. The van der Waals surface area contributed by atoms with Crippen molar-refractivity contribution in [2.45, 2.75) is 38.5 Å². The summed E-state index contributed by atoms with van der Waals surface area (Å²) in [4.78, 5) is 17.3. The van der Waals surface area contributed by atoms with Crippen LogP contribution in [-0.4, -0.2) is 42.6 Å². The Morgan fingerprint density at radius 1 is 1.03 bits per heavy atom. The van der Waals surface area contributed by atoms with Crippen molar-refractivity contribution < 1.29 is 23.2 Å². The highest BCUT2D eigenvalue weighted by Crippen LogP contribution is 2.19. The Kier molecular flexibility index (Phi) is 7.92. The second-order valence-electron chi connectivity index (χ2n) is 6.50. The Hall–Kier alpha value is -2.71. The van der Waals surface area contributed by atoms with Gasteiger partial charge in [0.1, 0.15) is 5.75 Å². The number of carbonyl (C=O) groups excluding carboxylic acids is 1. The first-order valence-electron chi connectivity index (χ1n) is 9.45. The van der Waals surface area contributed by atoms with Gasteiger partial charge in [0.15, 0.2) is 0 Å². The van der Waals surface area contributed by atoms with Crippen molar-refractivity contribution in [1.29, 1.82) is 0 Å². The molecule has 0 bridgehead atoms. The summed E-state index contributed by atoms with van der Waals surface area (Å²) in [6, 6.07) is 12.2. The highest BCUT2D eigenvalue weighted by atomic mass is 32.2. The van der Waals surface area contributed by atoms with E-state index in [-0.39, 0.29) is 16.2 Å². The number of benzene rings is 2. The molecule has 0 saturated heterocycles. The molecule has 0 radical (unpaired) electrons. The van der Waals surface area contributed by atoms with Gasteiger partial charge < -0.3 is 9.94 Å². The SMILES string of the molecule is CCCN(CCC)S(=O)(=O)c1ccc(C(=O)ON=C(C)c2ccccc2O)cc1. The fourth-order valence-electron chi connectivity index (χ4n) is 2.75. The Morgan fingerprint density at radius 3 is 2.17 bits per heavy atom. The first kappa shape index (κ1) is 22.6. The summed E-state index contributed by atoms with van der Waals surface area (Å²) in [7, 11) is -3.61. The van der Waals surface area contributed by atoms with E-state index >= 15 is 0 Å². The lowest BCUT2D eigenvalue weighted by atomic mass is 10.1. The predicted octanol–water partition coefficient (Wildman–Crippen LogP) is 3.78. The maximum absolute atomic E-state index is 12.8. The fourth-order valence-corrected chi connectivity index (χ4v) is 4.38. The lowest BCUT2D eigenvalue weighted by molar-refractivity contribution is 0.0516. The van der Waals surface area contributed by atoms with Gasteiger partial charge in [0.2, 0.25) is 10.0 Å². The molecule has 0 heterocycles. The van der Waals surface area contributed by atoms with Gasteiger partial charge in [0.25, 0.3) is 0 Å². The minimum Gasteiger partial charge on any atom is -0.507 e. The van der Waals surface area contributed by atoms with Gasteiger partial charge in [-0.1, -0.05) is 31.1 Å². The molecule has 0 aliphatic carbocycles. The number of hydrogen-bond donors (Lipinski definition) is 1. The van der Waals surface area contributed by atoms with E-state index in [2.05, 4.69) is 5.16 Å². The van der Waals surface area contributed by atoms with Gasteiger partial charge in [-0.2, -0.15) is 4.31 Å². The molecule has 0 spiro atoms. The number of phenols is 1. The highest BCUT2D eigenvalue weighted by Gasteiger charge is 2.23. The van der Waals surface area contributed by atoms with Crippen LogP contribution in [0.15, 0.2) is 58.6 Å². The lowest BCUT2D eigenvalue weighted by Crippen LogP contribution is -2.32. The summed E-state index contributed by atoms with van der Waals surface area (Å²) in [5, 5.41) is 13.6. The number of rotatable bonds is 9. The first-order valence-corrected chi connectivity index (χ1v) is 10.9. The smallest absolute Gasteiger partial charge is 0.365 e. The van der Waals surface area contributed by atoms with Crippen LogP contribution in [0.4, 0.5) is 0 Å². The average molecular weight is 419 g/mol. The highest BCUT2D eigenvalue weighted by molar-refractivity contribution is 7.89. The monoisotopic (exact) mass is 418 g/mol. The predicted molar refractivity (Wildman–Crippen MR) is 112 cm³/mol. The molecule has 2 rings (SSSR count). The molecule has 0 aromatic heterocycles. The van der Waals surface area contributed by atoms with Crippen molar-refractivity contribution in [3.05, 3.63) is 59.7 Å². The molecule has 0 atom stereocenters. The third kappa shape index (κ3) is 5.65. The van der Waals surface area contributed by atoms with Crippen molar-refractivity contribution in [3.63, 3.8) is 0 Å². The molecule has 2 aromatic carbocycles. The van der Waals surface area contributed by atoms with Crippen molar-refractivity contribution in [2.75, 3.05) is 13.1 Å². The maximum atomic E-state index is 12.8. The molecule has 7 nitrogen and oxygen atoms in total. The van der Waals surface area contributed by atoms with Crippen LogP contribution in [-0.2, 0) is 14.9 Å². The van der Waals surface area contributed by atoms with Crippen LogP contribution in [0.25, 0.3) is 0 Å².